The minimum absolute atomic E-state index is 0.226. The highest BCUT2D eigenvalue weighted by molar-refractivity contribution is 6.12. The third-order valence-electron chi connectivity index (χ3n) is 4.02. The van der Waals surface area contributed by atoms with Gasteiger partial charge in [-0.25, -0.2) is 0 Å². The van der Waals surface area contributed by atoms with Gasteiger partial charge in [0.05, 0.1) is 0 Å². The van der Waals surface area contributed by atoms with Crippen molar-refractivity contribution < 1.29 is 4.79 Å². The van der Waals surface area contributed by atoms with Crippen molar-refractivity contribution in [2.24, 2.45) is 0 Å². The largest absolute Gasteiger partial charge is 0.294 e. The molecule has 1 nitrogen and oxygen atoms in total. The van der Waals surface area contributed by atoms with Crippen LogP contribution in [0.3, 0.4) is 0 Å². The molecule has 0 bridgehead atoms. The second-order valence-corrected chi connectivity index (χ2v) is 5.25. The van der Waals surface area contributed by atoms with Crippen LogP contribution in [0.4, 0.5) is 0 Å². The number of Topliss-reactive ketones (excluding diaryl/α,β-unsaturated/α-hetero) is 1. The van der Waals surface area contributed by atoms with Crippen LogP contribution in [0.5, 0.6) is 0 Å². The van der Waals surface area contributed by atoms with E-state index in [9.17, 15) is 4.79 Å². The van der Waals surface area contributed by atoms with E-state index < -0.39 is 0 Å². The average molecular weight is 262 g/mol. The topological polar surface area (TPSA) is 17.1 Å². The summed E-state index contributed by atoms with van der Waals surface area (Å²) in [5, 5.41) is 2.21. The van der Waals surface area contributed by atoms with E-state index in [2.05, 4.69) is 43.3 Å². The third-order valence-corrected chi connectivity index (χ3v) is 4.02. The van der Waals surface area contributed by atoms with Crippen LogP contribution in [0.2, 0.25) is 0 Å². The lowest BCUT2D eigenvalue weighted by Gasteiger charge is -2.14. The van der Waals surface area contributed by atoms with Gasteiger partial charge in [-0.15, -0.1) is 0 Å². The first kappa shape index (κ1) is 12.9. The summed E-state index contributed by atoms with van der Waals surface area (Å²) in [4.78, 5) is 12.5. The number of carbonyl (C=O) groups is 1. The molecule has 0 saturated heterocycles. The van der Waals surface area contributed by atoms with Gasteiger partial charge in [0.2, 0.25) is 0 Å². The highest BCUT2D eigenvalue weighted by Gasteiger charge is 2.18. The van der Waals surface area contributed by atoms with Crippen LogP contribution in [0.15, 0.2) is 54.1 Å². The minimum Gasteiger partial charge on any atom is -0.294 e. The monoisotopic (exact) mass is 262 g/mol. The van der Waals surface area contributed by atoms with Crippen LogP contribution in [0, 0.1) is 0 Å². The fourth-order valence-corrected chi connectivity index (χ4v) is 2.94. The van der Waals surface area contributed by atoms with Gasteiger partial charge >= 0.3 is 0 Å². The number of hydrogen-bond donors (Lipinski definition) is 0. The smallest absolute Gasteiger partial charge is 0.163 e. The van der Waals surface area contributed by atoms with Crippen molar-refractivity contribution in [2.75, 3.05) is 0 Å². The number of fused-ring (bicyclic) bond motifs is 1. The van der Waals surface area contributed by atoms with E-state index >= 15 is 0 Å². The predicted molar refractivity (Wildman–Crippen MR) is 84.9 cm³/mol. The van der Waals surface area contributed by atoms with E-state index in [1.165, 1.54) is 11.1 Å². The van der Waals surface area contributed by atoms with Gasteiger partial charge in [-0.3, -0.25) is 4.79 Å². The highest BCUT2D eigenvalue weighted by Crippen LogP contribution is 2.34. The molecule has 20 heavy (non-hydrogen) atoms. The molecule has 1 aliphatic carbocycles. The molecule has 100 valence electrons. The summed E-state index contributed by atoms with van der Waals surface area (Å²) in [6, 6.07) is 12.4. The van der Waals surface area contributed by atoms with Crippen molar-refractivity contribution in [3.05, 3.63) is 65.3 Å². The predicted octanol–water partition coefficient (Wildman–Crippen LogP) is 5.17. The standard InChI is InChI=1S/C19H18O/c1-3-18(20)19-16-9-5-4-8-14(16)11-12-17(19)15-10-6-7-13(15)2/h4-9,11-12H,3,10H2,1-2H3. The van der Waals surface area contributed by atoms with E-state index in [0.29, 0.717) is 6.42 Å². The molecule has 2 aromatic rings. The van der Waals surface area contributed by atoms with Gasteiger partial charge < -0.3 is 0 Å². The molecule has 0 spiro atoms. The van der Waals surface area contributed by atoms with Gasteiger partial charge in [0.1, 0.15) is 0 Å². The van der Waals surface area contributed by atoms with E-state index in [4.69, 9.17) is 0 Å². The summed E-state index contributed by atoms with van der Waals surface area (Å²) in [6.07, 6.45) is 5.78. The van der Waals surface area contributed by atoms with Crippen molar-refractivity contribution in [3.8, 4) is 0 Å². The maximum absolute atomic E-state index is 12.5. The van der Waals surface area contributed by atoms with E-state index in [1.54, 1.807) is 0 Å². The lowest BCUT2D eigenvalue weighted by Crippen LogP contribution is -2.03. The zero-order valence-corrected chi connectivity index (χ0v) is 11.9. The van der Waals surface area contributed by atoms with Crippen LogP contribution < -0.4 is 0 Å². The van der Waals surface area contributed by atoms with Crippen LogP contribution >= 0.6 is 0 Å². The van der Waals surface area contributed by atoms with Crippen LogP contribution in [0.1, 0.15) is 42.6 Å². The molecule has 3 rings (SSSR count). The summed E-state index contributed by atoms with van der Waals surface area (Å²) < 4.78 is 0. The molecule has 2 aromatic carbocycles. The summed E-state index contributed by atoms with van der Waals surface area (Å²) in [6.45, 7) is 4.05. The molecular weight excluding hydrogens is 244 g/mol. The van der Waals surface area contributed by atoms with E-state index in [1.807, 2.05) is 19.1 Å². The van der Waals surface area contributed by atoms with Gasteiger partial charge in [-0.05, 0) is 40.8 Å². The number of carbonyl (C=O) groups excluding carboxylic acids is 1. The maximum Gasteiger partial charge on any atom is 0.163 e. The molecule has 0 heterocycles. The highest BCUT2D eigenvalue weighted by atomic mass is 16.1. The molecule has 0 amide bonds. The Labute approximate surface area is 119 Å². The Balaban J connectivity index is 2.32. The van der Waals surface area contributed by atoms with Crippen LogP contribution in [0.25, 0.3) is 16.3 Å². The third kappa shape index (κ3) is 2.00. The lowest BCUT2D eigenvalue weighted by atomic mass is 9.89. The number of ketones is 1. The number of benzene rings is 2. The SMILES string of the molecule is CCC(=O)c1c(C2=C(C)C=CC2)ccc2ccccc12. The molecule has 1 heteroatoms. The second-order valence-electron chi connectivity index (χ2n) is 5.25. The summed E-state index contributed by atoms with van der Waals surface area (Å²) in [5.74, 6) is 0.226. The number of hydrogen-bond acceptors (Lipinski definition) is 1. The normalized spacial score (nSPS) is 14.3. The minimum atomic E-state index is 0.226. The fraction of sp³-hybridized carbons (Fsp3) is 0.211. The Morgan fingerprint density at radius 3 is 2.65 bits per heavy atom. The first-order valence-corrected chi connectivity index (χ1v) is 7.14. The molecule has 0 atom stereocenters. The van der Waals surface area contributed by atoms with Gasteiger partial charge in [-0.1, -0.05) is 55.5 Å². The molecule has 0 N–H and O–H groups in total. The average Bonchev–Trinajstić information content (AvgIpc) is 2.91. The van der Waals surface area contributed by atoms with Crippen molar-refractivity contribution in [1.82, 2.24) is 0 Å². The summed E-state index contributed by atoms with van der Waals surface area (Å²) in [5.41, 5.74) is 4.56. The quantitative estimate of drug-likeness (QED) is 0.698. The molecular formula is C19H18O. The zero-order valence-electron chi connectivity index (χ0n) is 11.9. The van der Waals surface area contributed by atoms with Gasteiger partial charge in [-0.2, -0.15) is 0 Å². The van der Waals surface area contributed by atoms with Gasteiger partial charge in [0.15, 0.2) is 5.78 Å². The van der Waals surface area contributed by atoms with Crippen molar-refractivity contribution in [1.29, 1.82) is 0 Å². The molecule has 0 saturated carbocycles. The van der Waals surface area contributed by atoms with Crippen LogP contribution in [-0.2, 0) is 0 Å². The first-order chi connectivity index (χ1) is 9.72. The maximum atomic E-state index is 12.5. The number of allylic oxidation sites excluding steroid dienone is 4. The molecule has 0 fully saturated rings. The fourth-order valence-electron chi connectivity index (χ4n) is 2.94. The molecule has 0 unspecified atom stereocenters. The Morgan fingerprint density at radius 1 is 1.15 bits per heavy atom. The van der Waals surface area contributed by atoms with Crippen molar-refractivity contribution in [3.63, 3.8) is 0 Å². The van der Waals surface area contributed by atoms with E-state index in [0.717, 1.165) is 28.3 Å². The zero-order chi connectivity index (χ0) is 14.1. The molecule has 1 aliphatic rings. The molecule has 0 aromatic heterocycles. The summed E-state index contributed by atoms with van der Waals surface area (Å²) in [7, 11) is 0. The summed E-state index contributed by atoms with van der Waals surface area (Å²) >= 11 is 0. The van der Waals surface area contributed by atoms with Crippen LogP contribution in [-0.4, -0.2) is 5.78 Å². The molecule has 0 aliphatic heterocycles. The lowest BCUT2D eigenvalue weighted by molar-refractivity contribution is 0.0989. The first-order valence-electron chi connectivity index (χ1n) is 7.14. The Hall–Kier alpha value is -2.15. The Bertz CT molecular complexity index is 747. The second kappa shape index (κ2) is 5.09. The Kier molecular flexibility index (Phi) is 3.27. The number of rotatable bonds is 3. The van der Waals surface area contributed by atoms with E-state index in [-0.39, 0.29) is 5.78 Å². The van der Waals surface area contributed by atoms with Crippen molar-refractivity contribution >= 4 is 22.1 Å². The Morgan fingerprint density at radius 2 is 1.95 bits per heavy atom. The molecule has 0 radical (unpaired) electrons. The van der Waals surface area contributed by atoms with Gasteiger partial charge in [0, 0.05) is 12.0 Å². The van der Waals surface area contributed by atoms with Gasteiger partial charge in [0.25, 0.3) is 0 Å². The van der Waals surface area contributed by atoms with Crippen molar-refractivity contribution in [2.45, 2.75) is 26.7 Å².